The van der Waals surface area contributed by atoms with Gasteiger partial charge in [0.2, 0.25) is 0 Å². The number of phenolic OH excluding ortho intramolecular Hbond substituents is 1. The maximum atomic E-state index is 9.46. The van der Waals surface area contributed by atoms with Crippen molar-refractivity contribution in [1.29, 1.82) is 0 Å². The van der Waals surface area contributed by atoms with Gasteiger partial charge in [0.15, 0.2) is 0 Å². The molecule has 0 bridgehead atoms. The number of hydrogen-bond donors (Lipinski definition) is 1. The molecule has 0 saturated carbocycles. The van der Waals surface area contributed by atoms with Gasteiger partial charge in [-0.3, -0.25) is 0 Å². The van der Waals surface area contributed by atoms with Gasteiger partial charge < -0.3 is 5.11 Å². The number of benzene rings is 2. The fourth-order valence-corrected chi connectivity index (χ4v) is 3.57. The molecule has 0 amide bonds. The zero-order valence-corrected chi connectivity index (χ0v) is 14.4. The molecule has 0 atom stereocenters. The molecule has 0 fully saturated rings. The molecule has 0 spiro atoms. The Balaban J connectivity index is 2.51. The zero-order valence-electron chi connectivity index (χ0n) is 14.4. The van der Waals surface area contributed by atoms with Crippen LogP contribution >= 0.6 is 0 Å². The van der Waals surface area contributed by atoms with Crippen LogP contribution in [0.2, 0.25) is 0 Å². The molecule has 118 valence electrons. The molecule has 2 aromatic rings. The Morgan fingerprint density at radius 3 is 1.73 bits per heavy atom. The molecule has 2 aromatic carbocycles. The van der Waals surface area contributed by atoms with Gasteiger partial charge in [0.05, 0.1) is 0 Å². The Kier molecular flexibility index (Phi) is 5.65. The van der Waals surface area contributed by atoms with Crippen molar-refractivity contribution in [3.8, 4) is 5.75 Å². The number of aryl methyl sites for hydroxylation is 1. The smallest absolute Gasteiger partial charge is 0.115 e. The quantitative estimate of drug-likeness (QED) is 0.773. The summed E-state index contributed by atoms with van der Waals surface area (Å²) in [6.07, 6.45) is 5.38. The highest BCUT2D eigenvalue weighted by atomic mass is 16.3. The fraction of sp³-hybridized carbons (Fsp3) is 0.429. The van der Waals surface area contributed by atoms with Gasteiger partial charge in [-0.25, -0.2) is 0 Å². The summed E-state index contributed by atoms with van der Waals surface area (Å²) in [5, 5.41) is 9.46. The standard InChI is InChI=1S/C21H28O/c1-5-16-14-17(13-15-9-11-18(22)12-10-15)20(7-3)21(8-4)19(16)6-2/h9-12,14,22H,5-8,13H2,1-4H3. The Morgan fingerprint density at radius 1 is 0.682 bits per heavy atom. The van der Waals surface area contributed by atoms with Crippen LogP contribution in [0.25, 0.3) is 0 Å². The molecule has 0 aliphatic rings. The van der Waals surface area contributed by atoms with E-state index in [4.69, 9.17) is 0 Å². The van der Waals surface area contributed by atoms with E-state index in [9.17, 15) is 5.11 Å². The summed E-state index contributed by atoms with van der Waals surface area (Å²) < 4.78 is 0. The van der Waals surface area contributed by atoms with E-state index >= 15 is 0 Å². The highest BCUT2D eigenvalue weighted by molar-refractivity contribution is 5.48. The van der Waals surface area contributed by atoms with Crippen molar-refractivity contribution in [2.24, 2.45) is 0 Å². The molecule has 1 nitrogen and oxygen atoms in total. The third-order valence-corrected chi connectivity index (χ3v) is 4.62. The summed E-state index contributed by atoms with van der Waals surface area (Å²) >= 11 is 0. The molecule has 1 heteroatoms. The van der Waals surface area contributed by atoms with Crippen molar-refractivity contribution in [2.75, 3.05) is 0 Å². The van der Waals surface area contributed by atoms with Crippen LogP contribution in [0.3, 0.4) is 0 Å². The summed E-state index contributed by atoms with van der Waals surface area (Å²) in [6.45, 7) is 9.06. The van der Waals surface area contributed by atoms with Crippen LogP contribution in [0, 0.1) is 0 Å². The molecule has 1 N–H and O–H groups in total. The molecule has 0 heterocycles. The van der Waals surface area contributed by atoms with Gasteiger partial charge in [-0.2, -0.15) is 0 Å². The molecular weight excluding hydrogens is 268 g/mol. The van der Waals surface area contributed by atoms with Gasteiger partial charge in [0.25, 0.3) is 0 Å². The second-order valence-electron chi connectivity index (χ2n) is 5.89. The first-order chi connectivity index (χ1) is 10.6. The fourth-order valence-electron chi connectivity index (χ4n) is 3.57. The van der Waals surface area contributed by atoms with Gasteiger partial charge in [-0.15, -0.1) is 0 Å². The van der Waals surface area contributed by atoms with Crippen LogP contribution in [-0.4, -0.2) is 5.11 Å². The monoisotopic (exact) mass is 296 g/mol. The maximum Gasteiger partial charge on any atom is 0.115 e. The van der Waals surface area contributed by atoms with Gasteiger partial charge in [-0.05, 0) is 77.6 Å². The third-order valence-electron chi connectivity index (χ3n) is 4.62. The van der Waals surface area contributed by atoms with Crippen LogP contribution in [0.1, 0.15) is 61.1 Å². The second kappa shape index (κ2) is 7.49. The molecule has 22 heavy (non-hydrogen) atoms. The Morgan fingerprint density at radius 2 is 1.23 bits per heavy atom. The van der Waals surface area contributed by atoms with Crippen LogP contribution in [0.5, 0.6) is 5.75 Å². The lowest BCUT2D eigenvalue weighted by Gasteiger charge is -2.20. The van der Waals surface area contributed by atoms with E-state index in [1.807, 2.05) is 12.1 Å². The molecular formula is C21H28O. The molecule has 0 aromatic heterocycles. The van der Waals surface area contributed by atoms with Gasteiger partial charge in [-0.1, -0.05) is 45.9 Å². The van der Waals surface area contributed by atoms with E-state index < -0.39 is 0 Å². The third kappa shape index (κ3) is 3.35. The molecule has 0 aliphatic carbocycles. The lowest BCUT2D eigenvalue weighted by atomic mass is 9.85. The maximum absolute atomic E-state index is 9.46. The minimum atomic E-state index is 0.337. The average Bonchev–Trinajstić information content (AvgIpc) is 2.55. The first-order valence-corrected chi connectivity index (χ1v) is 8.57. The van der Waals surface area contributed by atoms with E-state index in [2.05, 4.69) is 33.8 Å². The molecule has 0 unspecified atom stereocenters. The normalized spacial score (nSPS) is 10.9. The molecule has 0 saturated heterocycles. The number of phenols is 1. The Bertz CT molecular complexity index is 623. The molecule has 2 rings (SSSR count). The minimum absolute atomic E-state index is 0.337. The van der Waals surface area contributed by atoms with Crippen molar-refractivity contribution in [3.05, 3.63) is 63.7 Å². The lowest BCUT2D eigenvalue weighted by molar-refractivity contribution is 0.475. The highest BCUT2D eigenvalue weighted by Crippen LogP contribution is 2.28. The Hall–Kier alpha value is -1.76. The Labute approximate surface area is 135 Å². The summed E-state index contributed by atoms with van der Waals surface area (Å²) in [5.74, 6) is 0.337. The highest BCUT2D eigenvalue weighted by Gasteiger charge is 2.14. The molecule has 0 radical (unpaired) electrons. The van der Waals surface area contributed by atoms with Gasteiger partial charge >= 0.3 is 0 Å². The minimum Gasteiger partial charge on any atom is -0.508 e. The number of aromatic hydroxyl groups is 1. The van der Waals surface area contributed by atoms with E-state index in [0.717, 1.165) is 32.1 Å². The average molecular weight is 296 g/mol. The largest absolute Gasteiger partial charge is 0.508 e. The SMILES string of the molecule is CCc1cc(Cc2ccc(O)cc2)c(CC)c(CC)c1CC. The topological polar surface area (TPSA) is 20.2 Å². The first kappa shape index (κ1) is 16.6. The number of hydrogen-bond acceptors (Lipinski definition) is 1. The zero-order chi connectivity index (χ0) is 16.1. The van der Waals surface area contributed by atoms with Crippen LogP contribution in [-0.2, 0) is 32.1 Å². The van der Waals surface area contributed by atoms with Gasteiger partial charge in [0.1, 0.15) is 5.75 Å². The predicted octanol–water partition coefficient (Wildman–Crippen LogP) is 5.23. The second-order valence-corrected chi connectivity index (χ2v) is 5.89. The van der Waals surface area contributed by atoms with Crippen LogP contribution in [0.4, 0.5) is 0 Å². The van der Waals surface area contributed by atoms with E-state index in [1.54, 1.807) is 23.3 Å². The van der Waals surface area contributed by atoms with Crippen LogP contribution in [0.15, 0.2) is 30.3 Å². The van der Waals surface area contributed by atoms with E-state index in [-0.39, 0.29) is 0 Å². The van der Waals surface area contributed by atoms with Crippen molar-refractivity contribution < 1.29 is 5.11 Å². The van der Waals surface area contributed by atoms with Crippen molar-refractivity contribution in [1.82, 2.24) is 0 Å². The summed E-state index contributed by atoms with van der Waals surface area (Å²) in [4.78, 5) is 0. The molecule has 0 aliphatic heterocycles. The van der Waals surface area contributed by atoms with Crippen LogP contribution < -0.4 is 0 Å². The first-order valence-electron chi connectivity index (χ1n) is 8.57. The number of rotatable bonds is 6. The van der Waals surface area contributed by atoms with Crippen molar-refractivity contribution in [2.45, 2.75) is 59.8 Å². The summed E-state index contributed by atoms with van der Waals surface area (Å²) in [7, 11) is 0. The van der Waals surface area contributed by atoms with E-state index in [0.29, 0.717) is 5.75 Å². The van der Waals surface area contributed by atoms with Crippen molar-refractivity contribution in [3.63, 3.8) is 0 Å². The lowest BCUT2D eigenvalue weighted by Crippen LogP contribution is -2.07. The van der Waals surface area contributed by atoms with Gasteiger partial charge in [0, 0.05) is 0 Å². The van der Waals surface area contributed by atoms with E-state index in [1.165, 1.54) is 22.3 Å². The predicted molar refractivity (Wildman–Crippen MR) is 94.9 cm³/mol. The van der Waals surface area contributed by atoms with Crippen molar-refractivity contribution >= 4 is 0 Å². The summed E-state index contributed by atoms with van der Waals surface area (Å²) in [6, 6.07) is 10.0. The summed E-state index contributed by atoms with van der Waals surface area (Å²) in [5.41, 5.74) is 8.89.